The Labute approximate surface area is 236 Å². The Morgan fingerprint density at radius 1 is 1.13 bits per heavy atom. The van der Waals surface area contributed by atoms with E-state index in [0.29, 0.717) is 44.3 Å². The van der Waals surface area contributed by atoms with Gasteiger partial charge in [0.15, 0.2) is 5.82 Å². The number of halogens is 1. The standard InChI is InChI=1S/C27H34ClN7O3S/c1-7-25(36)30-20-15-21(23(38-6)16-22(20)35(5)14-13-34(3)4)32-27-29-17-18(28)26(33-27)31-19-11-9-10-12-24(19)39(37)8-2/h7,9-12,15-17H,1,8,13-14H2,2-6H3,(H,30,36)(H2,29,31,32,33)/t39-/m1/s1. The number of para-hydroxylation sites is 1. The number of carbonyl (C=O) groups excluding carboxylic acids is 1. The van der Waals surface area contributed by atoms with Crippen molar-refractivity contribution in [3.8, 4) is 5.75 Å². The van der Waals surface area contributed by atoms with Crippen molar-refractivity contribution in [1.29, 1.82) is 0 Å². The number of likely N-dealkylation sites (N-methyl/N-ethyl adjacent to an activating group) is 2. The molecule has 3 N–H and O–H groups in total. The van der Waals surface area contributed by atoms with E-state index >= 15 is 0 Å². The van der Waals surface area contributed by atoms with Gasteiger partial charge in [-0.1, -0.05) is 37.2 Å². The van der Waals surface area contributed by atoms with Gasteiger partial charge in [0, 0.05) is 32.0 Å². The number of hydrogen-bond donors (Lipinski definition) is 3. The van der Waals surface area contributed by atoms with Gasteiger partial charge in [0.1, 0.15) is 10.8 Å². The van der Waals surface area contributed by atoms with Crippen LogP contribution in [0.4, 0.5) is 34.5 Å². The molecule has 0 unspecified atom stereocenters. The van der Waals surface area contributed by atoms with Crippen LogP contribution in [-0.4, -0.2) is 72.1 Å². The summed E-state index contributed by atoms with van der Waals surface area (Å²) in [5, 5.41) is 9.50. The monoisotopic (exact) mass is 571 g/mol. The third-order valence-electron chi connectivity index (χ3n) is 5.69. The van der Waals surface area contributed by atoms with Crippen molar-refractivity contribution in [2.24, 2.45) is 0 Å². The summed E-state index contributed by atoms with van der Waals surface area (Å²) in [5.41, 5.74) is 2.51. The molecule has 12 heteroatoms. The fourth-order valence-electron chi connectivity index (χ4n) is 3.59. The van der Waals surface area contributed by atoms with Crippen LogP contribution >= 0.6 is 11.6 Å². The highest BCUT2D eigenvalue weighted by atomic mass is 35.5. The molecule has 0 saturated heterocycles. The largest absolute Gasteiger partial charge is 0.494 e. The first-order valence-electron chi connectivity index (χ1n) is 12.2. The van der Waals surface area contributed by atoms with Crippen LogP contribution in [0.5, 0.6) is 5.75 Å². The number of nitrogens with one attached hydrogen (secondary N) is 3. The lowest BCUT2D eigenvalue weighted by Gasteiger charge is -2.26. The van der Waals surface area contributed by atoms with E-state index in [9.17, 15) is 9.00 Å². The molecule has 0 fully saturated rings. The molecule has 10 nitrogen and oxygen atoms in total. The lowest BCUT2D eigenvalue weighted by atomic mass is 10.2. The second-order valence-electron chi connectivity index (χ2n) is 8.76. The van der Waals surface area contributed by atoms with E-state index < -0.39 is 10.8 Å². The number of rotatable bonds is 13. The molecule has 0 radical (unpaired) electrons. The van der Waals surface area contributed by atoms with Gasteiger partial charge in [0.2, 0.25) is 11.9 Å². The minimum Gasteiger partial charge on any atom is -0.494 e. The van der Waals surface area contributed by atoms with Gasteiger partial charge in [-0.3, -0.25) is 9.00 Å². The van der Waals surface area contributed by atoms with Crippen molar-refractivity contribution in [3.05, 3.63) is 60.3 Å². The lowest BCUT2D eigenvalue weighted by molar-refractivity contribution is -0.111. The highest BCUT2D eigenvalue weighted by Crippen LogP contribution is 2.38. The Balaban J connectivity index is 1.97. The van der Waals surface area contributed by atoms with Crippen LogP contribution in [0, 0.1) is 0 Å². The van der Waals surface area contributed by atoms with Crippen LogP contribution in [0.2, 0.25) is 5.02 Å². The summed E-state index contributed by atoms with van der Waals surface area (Å²) in [6.07, 6.45) is 2.68. The smallest absolute Gasteiger partial charge is 0.247 e. The zero-order valence-corrected chi connectivity index (χ0v) is 24.3. The van der Waals surface area contributed by atoms with Gasteiger partial charge in [-0.05, 0) is 38.4 Å². The maximum Gasteiger partial charge on any atom is 0.247 e. The molecule has 1 aromatic heterocycles. The Bertz CT molecular complexity index is 1350. The molecule has 2 aromatic carbocycles. The fourth-order valence-corrected chi connectivity index (χ4v) is 4.64. The van der Waals surface area contributed by atoms with Crippen molar-refractivity contribution in [3.63, 3.8) is 0 Å². The number of aromatic nitrogens is 2. The Hall–Kier alpha value is -3.67. The normalized spacial score (nSPS) is 11.6. The average Bonchev–Trinajstić information content (AvgIpc) is 2.93. The van der Waals surface area contributed by atoms with Crippen molar-refractivity contribution < 1.29 is 13.7 Å². The first kappa shape index (κ1) is 29.9. The fraction of sp³-hybridized carbons (Fsp3) is 0.296. The molecule has 0 saturated carbocycles. The molecular weight excluding hydrogens is 538 g/mol. The molecule has 208 valence electrons. The summed E-state index contributed by atoms with van der Waals surface area (Å²) < 4.78 is 18.2. The Kier molecular flexibility index (Phi) is 10.7. The number of amides is 1. The summed E-state index contributed by atoms with van der Waals surface area (Å²) in [7, 11) is 6.33. The van der Waals surface area contributed by atoms with Gasteiger partial charge in [-0.15, -0.1) is 0 Å². The number of nitrogens with zero attached hydrogens (tertiary/aromatic N) is 4. The lowest BCUT2D eigenvalue weighted by Crippen LogP contribution is -2.29. The summed E-state index contributed by atoms with van der Waals surface area (Å²) in [5.74, 6) is 1.24. The van der Waals surface area contributed by atoms with E-state index in [-0.39, 0.29) is 11.9 Å². The number of ether oxygens (including phenoxy) is 1. The molecule has 0 bridgehead atoms. The molecule has 0 spiro atoms. The maximum atomic E-state index is 12.5. The van der Waals surface area contributed by atoms with E-state index in [1.54, 1.807) is 19.2 Å². The molecule has 1 amide bonds. The highest BCUT2D eigenvalue weighted by Gasteiger charge is 2.17. The van der Waals surface area contributed by atoms with Gasteiger partial charge in [0.05, 0.1) is 51.8 Å². The third-order valence-corrected chi connectivity index (χ3v) is 7.34. The summed E-state index contributed by atoms with van der Waals surface area (Å²) in [4.78, 5) is 25.8. The predicted octanol–water partition coefficient (Wildman–Crippen LogP) is 4.88. The van der Waals surface area contributed by atoms with Crippen LogP contribution in [0.3, 0.4) is 0 Å². The van der Waals surface area contributed by atoms with Gasteiger partial charge in [-0.2, -0.15) is 4.98 Å². The molecule has 0 aliphatic carbocycles. The van der Waals surface area contributed by atoms with Crippen LogP contribution in [0.15, 0.2) is 60.1 Å². The number of hydrogen-bond acceptors (Lipinski definition) is 9. The second kappa shape index (κ2) is 13.9. The number of benzene rings is 2. The first-order valence-corrected chi connectivity index (χ1v) is 13.9. The quantitative estimate of drug-likeness (QED) is 0.247. The summed E-state index contributed by atoms with van der Waals surface area (Å²) in [6, 6.07) is 10.9. The Morgan fingerprint density at radius 3 is 2.54 bits per heavy atom. The van der Waals surface area contributed by atoms with E-state index in [1.165, 1.54) is 12.3 Å². The molecular formula is C27H34ClN7O3S. The molecule has 39 heavy (non-hydrogen) atoms. The minimum absolute atomic E-state index is 0.240. The van der Waals surface area contributed by atoms with Crippen LogP contribution in [-0.2, 0) is 15.6 Å². The van der Waals surface area contributed by atoms with Gasteiger partial charge in [-0.25, -0.2) is 4.98 Å². The third kappa shape index (κ3) is 7.92. The van der Waals surface area contributed by atoms with Crippen molar-refractivity contribution in [2.45, 2.75) is 11.8 Å². The van der Waals surface area contributed by atoms with Crippen LogP contribution in [0.25, 0.3) is 0 Å². The van der Waals surface area contributed by atoms with Crippen molar-refractivity contribution in [2.75, 3.05) is 67.9 Å². The van der Waals surface area contributed by atoms with Gasteiger partial charge < -0.3 is 30.5 Å². The number of anilines is 6. The SMILES string of the molecule is C=CC(=O)Nc1cc(Nc2ncc(Cl)c(Nc3ccccc3[S@](=O)CC)n2)c(OC)cc1N(C)CCN(C)C. The van der Waals surface area contributed by atoms with Crippen LogP contribution in [0.1, 0.15) is 6.92 Å². The minimum atomic E-state index is -1.17. The van der Waals surface area contributed by atoms with Gasteiger partial charge >= 0.3 is 0 Å². The van der Waals surface area contributed by atoms with Crippen molar-refractivity contribution >= 4 is 62.8 Å². The molecule has 1 atom stereocenters. The van der Waals surface area contributed by atoms with Crippen LogP contribution < -0.4 is 25.6 Å². The molecule has 1 heterocycles. The second-order valence-corrected chi connectivity index (χ2v) is 10.9. The van der Waals surface area contributed by atoms with E-state index in [1.807, 2.05) is 57.2 Å². The van der Waals surface area contributed by atoms with E-state index in [0.717, 1.165) is 18.8 Å². The van der Waals surface area contributed by atoms with E-state index in [4.69, 9.17) is 16.3 Å². The van der Waals surface area contributed by atoms with E-state index in [2.05, 4.69) is 37.4 Å². The zero-order valence-electron chi connectivity index (χ0n) is 22.7. The average molecular weight is 572 g/mol. The molecule has 3 rings (SSSR count). The molecule has 0 aliphatic rings. The topological polar surface area (TPSA) is 112 Å². The highest BCUT2D eigenvalue weighted by molar-refractivity contribution is 7.85. The zero-order chi connectivity index (χ0) is 28.5. The Morgan fingerprint density at radius 2 is 1.87 bits per heavy atom. The number of carbonyl (C=O) groups is 1. The maximum absolute atomic E-state index is 12.5. The van der Waals surface area contributed by atoms with Crippen molar-refractivity contribution in [1.82, 2.24) is 14.9 Å². The summed E-state index contributed by atoms with van der Waals surface area (Å²) >= 11 is 6.40. The molecule has 0 aliphatic heterocycles. The molecule has 3 aromatic rings. The summed E-state index contributed by atoms with van der Waals surface area (Å²) in [6.45, 7) is 6.95. The first-order chi connectivity index (χ1) is 18.7. The number of methoxy groups -OCH3 is 1. The predicted molar refractivity (Wildman–Crippen MR) is 161 cm³/mol. The van der Waals surface area contributed by atoms with Gasteiger partial charge in [0.25, 0.3) is 0 Å².